The van der Waals surface area contributed by atoms with Crippen molar-refractivity contribution in [2.24, 2.45) is 0 Å². The SMILES string of the molecule is CNC(CCC(=O)O)C(O)c1ccc2c(c1)CCCC2. The first-order chi connectivity index (χ1) is 9.61. The maximum Gasteiger partial charge on any atom is 0.303 e. The van der Waals surface area contributed by atoms with E-state index >= 15 is 0 Å². The Morgan fingerprint density at radius 3 is 2.65 bits per heavy atom. The summed E-state index contributed by atoms with van der Waals surface area (Å²) >= 11 is 0. The second-order valence-corrected chi connectivity index (χ2v) is 5.51. The molecule has 0 heterocycles. The lowest BCUT2D eigenvalue weighted by molar-refractivity contribution is -0.137. The lowest BCUT2D eigenvalue weighted by Crippen LogP contribution is -2.32. The number of aliphatic hydroxyl groups excluding tert-OH is 1. The number of nitrogens with one attached hydrogen (secondary N) is 1. The number of aryl methyl sites for hydroxylation is 2. The van der Waals surface area contributed by atoms with Crippen LogP contribution in [0.1, 0.15) is 48.5 Å². The molecule has 1 aliphatic carbocycles. The second-order valence-electron chi connectivity index (χ2n) is 5.51. The van der Waals surface area contributed by atoms with Crippen LogP contribution in [0.4, 0.5) is 0 Å². The Bertz CT molecular complexity index is 473. The van der Waals surface area contributed by atoms with E-state index in [1.165, 1.54) is 24.0 Å². The summed E-state index contributed by atoms with van der Waals surface area (Å²) in [6.45, 7) is 0. The molecular formula is C16H23NO3. The number of carboxylic acids is 1. The number of likely N-dealkylation sites (N-methyl/N-ethyl adjacent to an activating group) is 1. The lowest BCUT2D eigenvalue weighted by atomic mass is 9.88. The van der Waals surface area contributed by atoms with Crippen molar-refractivity contribution < 1.29 is 15.0 Å². The van der Waals surface area contributed by atoms with Crippen LogP contribution in [0.15, 0.2) is 18.2 Å². The predicted octanol–water partition coefficient (Wildman–Crippen LogP) is 2.05. The summed E-state index contributed by atoms with van der Waals surface area (Å²) in [5.74, 6) is -0.831. The number of hydrogen-bond donors (Lipinski definition) is 3. The van der Waals surface area contributed by atoms with Crippen molar-refractivity contribution in [2.45, 2.75) is 50.7 Å². The van der Waals surface area contributed by atoms with Crippen LogP contribution in [0.5, 0.6) is 0 Å². The Morgan fingerprint density at radius 1 is 1.30 bits per heavy atom. The third-order valence-corrected chi connectivity index (χ3v) is 4.14. The highest BCUT2D eigenvalue weighted by Gasteiger charge is 2.21. The molecule has 110 valence electrons. The summed E-state index contributed by atoms with van der Waals surface area (Å²) in [6, 6.07) is 5.94. The Kier molecular flexibility index (Phi) is 5.15. The van der Waals surface area contributed by atoms with Crippen LogP contribution >= 0.6 is 0 Å². The van der Waals surface area contributed by atoms with E-state index in [9.17, 15) is 9.90 Å². The van der Waals surface area contributed by atoms with Gasteiger partial charge in [-0.3, -0.25) is 4.79 Å². The molecule has 4 nitrogen and oxygen atoms in total. The van der Waals surface area contributed by atoms with E-state index < -0.39 is 12.1 Å². The molecule has 2 unspecified atom stereocenters. The van der Waals surface area contributed by atoms with Gasteiger partial charge in [-0.1, -0.05) is 18.2 Å². The van der Waals surface area contributed by atoms with Gasteiger partial charge >= 0.3 is 5.97 Å². The predicted molar refractivity (Wildman–Crippen MR) is 77.8 cm³/mol. The number of rotatable bonds is 6. The molecule has 0 spiro atoms. The molecule has 0 radical (unpaired) electrons. The highest BCUT2D eigenvalue weighted by molar-refractivity contribution is 5.66. The van der Waals surface area contributed by atoms with Gasteiger partial charge in [-0.25, -0.2) is 0 Å². The van der Waals surface area contributed by atoms with Crippen molar-refractivity contribution >= 4 is 5.97 Å². The van der Waals surface area contributed by atoms with E-state index in [1.807, 2.05) is 6.07 Å². The minimum Gasteiger partial charge on any atom is -0.481 e. The van der Waals surface area contributed by atoms with Crippen molar-refractivity contribution in [3.8, 4) is 0 Å². The molecule has 0 amide bonds. The first kappa shape index (κ1) is 15.0. The molecule has 1 aliphatic rings. The Labute approximate surface area is 119 Å². The van der Waals surface area contributed by atoms with E-state index in [0.29, 0.717) is 6.42 Å². The molecule has 3 N–H and O–H groups in total. The number of fused-ring (bicyclic) bond motifs is 1. The molecule has 1 aromatic rings. The third kappa shape index (κ3) is 3.58. The molecule has 0 fully saturated rings. The van der Waals surface area contributed by atoms with Crippen LogP contribution in [0.25, 0.3) is 0 Å². The fourth-order valence-corrected chi connectivity index (χ4v) is 2.91. The normalized spacial score (nSPS) is 17.3. The third-order valence-electron chi connectivity index (χ3n) is 4.14. The van der Waals surface area contributed by atoms with E-state index in [0.717, 1.165) is 18.4 Å². The summed E-state index contributed by atoms with van der Waals surface area (Å²) in [5.41, 5.74) is 3.61. The van der Waals surface area contributed by atoms with Crippen LogP contribution in [0.3, 0.4) is 0 Å². The van der Waals surface area contributed by atoms with E-state index in [2.05, 4.69) is 17.4 Å². The molecule has 0 aliphatic heterocycles. The molecule has 4 heteroatoms. The average molecular weight is 277 g/mol. The van der Waals surface area contributed by atoms with Crippen molar-refractivity contribution in [3.05, 3.63) is 34.9 Å². The average Bonchev–Trinajstić information content (AvgIpc) is 2.47. The summed E-state index contributed by atoms with van der Waals surface area (Å²) in [5, 5.41) is 22.2. The van der Waals surface area contributed by atoms with Crippen LogP contribution in [0, 0.1) is 0 Å². The minimum absolute atomic E-state index is 0.0630. The van der Waals surface area contributed by atoms with Gasteiger partial charge in [0.25, 0.3) is 0 Å². The van der Waals surface area contributed by atoms with Gasteiger partial charge in [0.15, 0.2) is 0 Å². The Hall–Kier alpha value is -1.39. The quantitative estimate of drug-likeness (QED) is 0.744. The van der Waals surface area contributed by atoms with Crippen LogP contribution in [-0.4, -0.2) is 29.3 Å². The molecule has 2 atom stereocenters. The molecule has 20 heavy (non-hydrogen) atoms. The molecule has 0 saturated heterocycles. The number of hydrogen-bond acceptors (Lipinski definition) is 3. The number of aliphatic hydroxyl groups is 1. The van der Waals surface area contributed by atoms with Gasteiger partial charge in [-0.2, -0.15) is 0 Å². The van der Waals surface area contributed by atoms with Crippen LogP contribution in [-0.2, 0) is 17.6 Å². The van der Waals surface area contributed by atoms with Crippen molar-refractivity contribution in [1.82, 2.24) is 5.32 Å². The summed E-state index contributed by atoms with van der Waals surface area (Å²) in [4.78, 5) is 10.7. The summed E-state index contributed by atoms with van der Waals surface area (Å²) < 4.78 is 0. The standard InChI is InChI=1S/C16H23NO3/c1-17-14(8-9-15(18)19)16(20)13-7-6-11-4-2-3-5-12(11)10-13/h6-7,10,14,16-17,20H,2-5,8-9H2,1H3,(H,18,19). The van der Waals surface area contributed by atoms with Gasteiger partial charge in [0.2, 0.25) is 0 Å². The van der Waals surface area contributed by atoms with Crippen molar-refractivity contribution in [2.75, 3.05) is 7.05 Å². The molecule has 1 aromatic carbocycles. The smallest absolute Gasteiger partial charge is 0.303 e. The lowest BCUT2D eigenvalue weighted by Gasteiger charge is -2.24. The minimum atomic E-state index is -0.831. The number of benzene rings is 1. The van der Waals surface area contributed by atoms with Gasteiger partial charge in [-0.15, -0.1) is 0 Å². The van der Waals surface area contributed by atoms with Crippen molar-refractivity contribution in [3.63, 3.8) is 0 Å². The fraction of sp³-hybridized carbons (Fsp3) is 0.562. The molecule has 0 bridgehead atoms. The maximum absolute atomic E-state index is 10.7. The van der Waals surface area contributed by atoms with Gasteiger partial charge in [0, 0.05) is 12.5 Å². The summed E-state index contributed by atoms with van der Waals surface area (Å²) in [7, 11) is 1.76. The van der Waals surface area contributed by atoms with Gasteiger partial charge < -0.3 is 15.5 Å². The number of aliphatic carboxylic acids is 1. The highest BCUT2D eigenvalue weighted by atomic mass is 16.4. The zero-order valence-corrected chi connectivity index (χ0v) is 11.9. The topological polar surface area (TPSA) is 69.6 Å². The molecule has 0 saturated carbocycles. The number of carboxylic acid groups (broad SMARTS) is 1. The van der Waals surface area contributed by atoms with E-state index in [1.54, 1.807) is 7.05 Å². The molecule has 0 aromatic heterocycles. The first-order valence-electron chi connectivity index (χ1n) is 7.30. The maximum atomic E-state index is 10.7. The second kappa shape index (κ2) is 6.86. The largest absolute Gasteiger partial charge is 0.481 e. The zero-order valence-electron chi connectivity index (χ0n) is 11.9. The molecular weight excluding hydrogens is 254 g/mol. The summed E-state index contributed by atoms with van der Waals surface area (Å²) in [6.07, 6.45) is 4.48. The highest BCUT2D eigenvalue weighted by Crippen LogP contribution is 2.27. The van der Waals surface area contributed by atoms with Gasteiger partial charge in [-0.05, 0) is 55.8 Å². The van der Waals surface area contributed by atoms with Gasteiger partial charge in [0.05, 0.1) is 6.10 Å². The van der Waals surface area contributed by atoms with Crippen LogP contribution < -0.4 is 5.32 Å². The zero-order chi connectivity index (χ0) is 14.5. The fourth-order valence-electron chi connectivity index (χ4n) is 2.91. The molecule has 2 rings (SSSR count). The van der Waals surface area contributed by atoms with E-state index in [-0.39, 0.29) is 12.5 Å². The van der Waals surface area contributed by atoms with Gasteiger partial charge in [0.1, 0.15) is 0 Å². The Morgan fingerprint density at radius 2 is 2.00 bits per heavy atom. The first-order valence-corrected chi connectivity index (χ1v) is 7.30. The van der Waals surface area contributed by atoms with Crippen molar-refractivity contribution in [1.29, 1.82) is 0 Å². The van der Waals surface area contributed by atoms with Crippen LogP contribution in [0.2, 0.25) is 0 Å². The number of carbonyl (C=O) groups is 1. The van der Waals surface area contributed by atoms with E-state index in [4.69, 9.17) is 5.11 Å². The Balaban J connectivity index is 2.10. The monoisotopic (exact) mass is 277 g/mol.